The van der Waals surface area contributed by atoms with Crippen LogP contribution in [0.25, 0.3) is 0 Å². The van der Waals surface area contributed by atoms with Gasteiger partial charge in [0, 0.05) is 6.04 Å². The molecule has 0 aromatic heterocycles. The third-order valence-corrected chi connectivity index (χ3v) is 5.17. The summed E-state index contributed by atoms with van der Waals surface area (Å²) < 4.78 is 11.2. The van der Waals surface area contributed by atoms with Crippen molar-refractivity contribution in [1.82, 2.24) is 5.32 Å². The predicted octanol–water partition coefficient (Wildman–Crippen LogP) is 3.04. The molecule has 2 amide bonds. The van der Waals surface area contributed by atoms with Gasteiger partial charge >= 0.3 is 5.97 Å². The SMILES string of the molecule is CC(C)[C@H](OC(=O)c1ccc2c(c1)NC(=O)C(C)(C)O2)C(=O)NC1CCCC1. The van der Waals surface area contributed by atoms with Gasteiger partial charge < -0.3 is 20.1 Å². The van der Waals surface area contributed by atoms with Gasteiger partial charge in [-0.1, -0.05) is 26.7 Å². The summed E-state index contributed by atoms with van der Waals surface area (Å²) in [7, 11) is 0. The molecule has 2 N–H and O–H groups in total. The Kier molecular flexibility index (Phi) is 5.63. The first-order valence-corrected chi connectivity index (χ1v) is 9.83. The maximum atomic E-state index is 12.6. The molecule has 1 aromatic carbocycles. The lowest BCUT2D eigenvalue weighted by Gasteiger charge is -2.31. The second-order valence-electron chi connectivity index (χ2n) is 8.34. The molecule has 28 heavy (non-hydrogen) atoms. The maximum absolute atomic E-state index is 12.6. The van der Waals surface area contributed by atoms with Gasteiger partial charge in [0.05, 0.1) is 11.3 Å². The van der Waals surface area contributed by atoms with E-state index in [-0.39, 0.29) is 29.3 Å². The molecular weight excluding hydrogens is 360 g/mol. The van der Waals surface area contributed by atoms with Crippen LogP contribution in [0.4, 0.5) is 5.69 Å². The minimum Gasteiger partial charge on any atom is -0.476 e. The van der Waals surface area contributed by atoms with Crippen LogP contribution in [0.2, 0.25) is 0 Å². The van der Waals surface area contributed by atoms with Crippen LogP contribution in [0.5, 0.6) is 5.75 Å². The average Bonchev–Trinajstić information content (AvgIpc) is 3.12. The van der Waals surface area contributed by atoms with Crippen LogP contribution in [0, 0.1) is 5.92 Å². The van der Waals surface area contributed by atoms with Crippen molar-refractivity contribution in [2.75, 3.05) is 5.32 Å². The first kappa shape index (κ1) is 20.2. The Morgan fingerprint density at radius 1 is 1.25 bits per heavy atom. The molecular formula is C21H28N2O5. The number of ether oxygens (including phenoxy) is 2. The molecule has 0 unspecified atom stereocenters. The lowest BCUT2D eigenvalue weighted by atomic mass is 10.0. The summed E-state index contributed by atoms with van der Waals surface area (Å²) in [6, 6.07) is 4.86. The first-order valence-electron chi connectivity index (χ1n) is 9.83. The third kappa shape index (κ3) is 4.29. The Hall–Kier alpha value is -2.57. The largest absolute Gasteiger partial charge is 0.476 e. The number of hydrogen-bond acceptors (Lipinski definition) is 5. The summed E-state index contributed by atoms with van der Waals surface area (Å²) in [6.45, 7) is 7.03. The molecule has 1 aromatic rings. The summed E-state index contributed by atoms with van der Waals surface area (Å²) in [4.78, 5) is 37.3. The van der Waals surface area contributed by atoms with Crippen LogP contribution < -0.4 is 15.4 Å². The Labute approximate surface area is 165 Å². The smallest absolute Gasteiger partial charge is 0.339 e. The van der Waals surface area contributed by atoms with Gasteiger partial charge in [-0.15, -0.1) is 0 Å². The monoisotopic (exact) mass is 388 g/mol. The summed E-state index contributed by atoms with van der Waals surface area (Å²) in [5.41, 5.74) is -0.312. The van der Waals surface area contributed by atoms with E-state index in [0.29, 0.717) is 11.4 Å². The zero-order valence-electron chi connectivity index (χ0n) is 16.8. The summed E-state index contributed by atoms with van der Waals surface area (Å²) in [6.07, 6.45) is 3.28. The van der Waals surface area contributed by atoms with E-state index >= 15 is 0 Å². The van der Waals surface area contributed by atoms with Gasteiger partial charge in [-0.3, -0.25) is 9.59 Å². The highest BCUT2D eigenvalue weighted by Gasteiger charge is 2.36. The molecule has 1 heterocycles. The quantitative estimate of drug-likeness (QED) is 0.756. The predicted molar refractivity (Wildman–Crippen MR) is 104 cm³/mol. The standard InChI is InChI=1S/C21H28N2O5/c1-12(2)17(18(24)22-14-7-5-6-8-14)27-19(25)13-9-10-16-15(11-13)23-20(26)21(3,4)28-16/h9-12,14,17H,5-8H2,1-4H3,(H,22,24)(H,23,26)/t17-/m0/s1. The highest BCUT2D eigenvalue weighted by Crippen LogP contribution is 2.34. The van der Waals surface area contributed by atoms with Gasteiger partial charge in [0.1, 0.15) is 5.75 Å². The number of hydrogen-bond donors (Lipinski definition) is 2. The molecule has 1 atom stereocenters. The number of fused-ring (bicyclic) bond motifs is 1. The maximum Gasteiger partial charge on any atom is 0.339 e. The first-order chi connectivity index (χ1) is 13.2. The minimum atomic E-state index is -0.976. The topological polar surface area (TPSA) is 93.7 Å². The molecule has 1 aliphatic heterocycles. The number of amides is 2. The Balaban J connectivity index is 1.71. The zero-order valence-corrected chi connectivity index (χ0v) is 16.8. The zero-order chi connectivity index (χ0) is 20.5. The number of rotatable bonds is 5. The van der Waals surface area contributed by atoms with E-state index in [4.69, 9.17) is 9.47 Å². The third-order valence-electron chi connectivity index (χ3n) is 5.17. The molecule has 0 radical (unpaired) electrons. The van der Waals surface area contributed by atoms with Gasteiger partial charge in [-0.2, -0.15) is 0 Å². The molecule has 3 rings (SSSR count). The van der Waals surface area contributed by atoms with E-state index in [1.165, 1.54) is 6.07 Å². The summed E-state index contributed by atoms with van der Waals surface area (Å²) >= 11 is 0. The van der Waals surface area contributed by atoms with Gasteiger partial charge in [0.25, 0.3) is 11.8 Å². The van der Waals surface area contributed by atoms with Gasteiger partial charge in [-0.25, -0.2) is 4.79 Å². The molecule has 7 heteroatoms. The number of carbonyl (C=O) groups excluding carboxylic acids is 3. The molecule has 0 saturated heterocycles. The molecule has 0 bridgehead atoms. The van der Waals surface area contributed by atoms with Gasteiger partial charge in [0.2, 0.25) is 0 Å². The van der Waals surface area contributed by atoms with Crippen molar-refractivity contribution >= 4 is 23.5 Å². The molecule has 152 valence electrons. The Morgan fingerprint density at radius 2 is 1.93 bits per heavy atom. The van der Waals surface area contributed by atoms with Crippen LogP contribution >= 0.6 is 0 Å². The minimum absolute atomic E-state index is 0.159. The number of esters is 1. The second kappa shape index (κ2) is 7.81. The molecule has 1 saturated carbocycles. The van der Waals surface area contributed by atoms with Crippen molar-refractivity contribution in [2.24, 2.45) is 5.92 Å². The fourth-order valence-corrected chi connectivity index (χ4v) is 3.47. The van der Waals surface area contributed by atoms with Crippen LogP contribution in [0.3, 0.4) is 0 Å². The fourth-order valence-electron chi connectivity index (χ4n) is 3.47. The van der Waals surface area contributed by atoms with Crippen LogP contribution in [0.15, 0.2) is 18.2 Å². The van der Waals surface area contributed by atoms with Gasteiger partial charge in [-0.05, 0) is 50.8 Å². The van der Waals surface area contributed by atoms with Gasteiger partial charge in [0.15, 0.2) is 11.7 Å². The molecule has 1 fully saturated rings. The number of carbonyl (C=O) groups is 3. The molecule has 2 aliphatic rings. The average molecular weight is 388 g/mol. The summed E-state index contributed by atoms with van der Waals surface area (Å²) in [5.74, 6) is -0.831. The van der Waals surface area contributed by atoms with E-state index in [9.17, 15) is 14.4 Å². The normalized spacial score (nSPS) is 19.4. The van der Waals surface area contributed by atoms with Crippen LogP contribution in [0.1, 0.15) is 63.7 Å². The van der Waals surface area contributed by atoms with Crippen molar-refractivity contribution < 1.29 is 23.9 Å². The fraction of sp³-hybridized carbons (Fsp3) is 0.571. The molecule has 0 spiro atoms. The Morgan fingerprint density at radius 3 is 2.57 bits per heavy atom. The van der Waals surface area contributed by atoms with E-state index in [0.717, 1.165) is 25.7 Å². The van der Waals surface area contributed by atoms with Crippen LogP contribution in [-0.4, -0.2) is 35.5 Å². The van der Waals surface area contributed by atoms with Crippen molar-refractivity contribution in [3.8, 4) is 5.75 Å². The highest BCUT2D eigenvalue weighted by atomic mass is 16.5. The lowest BCUT2D eigenvalue weighted by Crippen LogP contribution is -2.45. The van der Waals surface area contributed by atoms with E-state index in [1.807, 2.05) is 13.8 Å². The van der Waals surface area contributed by atoms with Crippen molar-refractivity contribution in [3.05, 3.63) is 23.8 Å². The molecule has 7 nitrogen and oxygen atoms in total. The Bertz CT molecular complexity index is 781. The van der Waals surface area contributed by atoms with E-state index < -0.39 is 17.7 Å². The van der Waals surface area contributed by atoms with Crippen molar-refractivity contribution in [2.45, 2.75) is 71.1 Å². The second-order valence-corrected chi connectivity index (χ2v) is 8.34. The highest BCUT2D eigenvalue weighted by molar-refractivity contribution is 6.02. The van der Waals surface area contributed by atoms with E-state index in [1.54, 1.807) is 26.0 Å². The van der Waals surface area contributed by atoms with Crippen LogP contribution in [-0.2, 0) is 14.3 Å². The number of anilines is 1. The number of benzene rings is 1. The number of nitrogens with one attached hydrogen (secondary N) is 2. The van der Waals surface area contributed by atoms with Crippen molar-refractivity contribution in [3.63, 3.8) is 0 Å². The van der Waals surface area contributed by atoms with Crippen molar-refractivity contribution in [1.29, 1.82) is 0 Å². The summed E-state index contributed by atoms with van der Waals surface area (Å²) in [5, 5.41) is 5.73. The lowest BCUT2D eigenvalue weighted by molar-refractivity contribution is -0.132. The molecule has 1 aliphatic carbocycles. The van der Waals surface area contributed by atoms with E-state index in [2.05, 4.69) is 10.6 Å².